The highest BCUT2D eigenvalue weighted by Gasteiger charge is 2.36. The Morgan fingerprint density at radius 3 is 2.47 bits per heavy atom. The average Bonchev–Trinajstić information content (AvgIpc) is 2.57. The number of hydrogen-bond donors (Lipinski definition) is 3. The van der Waals surface area contributed by atoms with E-state index in [1.54, 1.807) is 40.0 Å². The number of rotatable bonds is 5. The Bertz CT molecular complexity index is 456. The molecule has 0 bridgehead atoms. The third-order valence-corrected chi connectivity index (χ3v) is 3.57. The molecule has 0 spiro atoms. The molecule has 5 nitrogen and oxygen atoms in total. The van der Waals surface area contributed by atoms with E-state index in [0.29, 0.717) is 11.4 Å². The molecule has 1 rings (SSSR count). The second-order valence-electron chi connectivity index (χ2n) is 5.99. The molecule has 5 heteroatoms. The molecular formula is C14H25N3O2. The summed E-state index contributed by atoms with van der Waals surface area (Å²) in [5.74, 6) is -0.225. The first kappa shape index (κ1) is 15.6. The van der Waals surface area contributed by atoms with Gasteiger partial charge in [-0.25, -0.2) is 0 Å². The molecule has 0 aromatic carbocycles. The Balaban J connectivity index is 2.96. The number of aromatic nitrogens is 1. The number of carbonyl (C=O) groups is 1. The van der Waals surface area contributed by atoms with Gasteiger partial charge < -0.3 is 20.7 Å². The number of nitrogens with one attached hydrogen (secondary N) is 1. The van der Waals surface area contributed by atoms with Gasteiger partial charge in [-0.15, -0.1) is 0 Å². The molecule has 1 heterocycles. The summed E-state index contributed by atoms with van der Waals surface area (Å²) in [7, 11) is 0. The van der Waals surface area contributed by atoms with Crippen molar-refractivity contribution < 1.29 is 9.90 Å². The van der Waals surface area contributed by atoms with Gasteiger partial charge in [-0.2, -0.15) is 0 Å². The second-order valence-corrected chi connectivity index (χ2v) is 5.99. The minimum Gasteiger partial charge on any atom is -0.397 e. The van der Waals surface area contributed by atoms with Crippen LogP contribution in [0.4, 0.5) is 5.69 Å². The van der Waals surface area contributed by atoms with Gasteiger partial charge in [-0.3, -0.25) is 4.79 Å². The molecule has 0 aliphatic rings. The smallest absolute Gasteiger partial charge is 0.268 e. The maximum absolute atomic E-state index is 12.3. The lowest BCUT2D eigenvalue weighted by molar-refractivity contribution is -0.00310. The molecule has 0 aliphatic heterocycles. The Kier molecular flexibility index (Phi) is 4.30. The van der Waals surface area contributed by atoms with Crippen molar-refractivity contribution in [3.63, 3.8) is 0 Å². The van der Waals surface area contributed by atoms with Crippen molar-refractivity contribution in [2.75, 3.05) is 5.73 Å². The summed E-state index contributed by atoms with van der Waals surface area (Å²) in [5, 5.41) is 12.9. The normalized spacial score (nSPS) is 12.5. The Morgan fingerprint density at radius 2 is 2.00 bits per heavy atom. The molecule has 0 saturated carbocycles. The Labute approximate surface area is 114 Å². The molecule has 0 radical (unpaired) electrons. The van der Waals surface area contributed by atoms with Crippen LogP contribution in [0.5, 0.6) is 0 Å². The SMILES string of the molecule is CCCn1cc(N)cc1C(=O)NC(C)(C)C(C)(C)O. The van der Waals surface area contributed by atoms with E-state index >= 15 is 0 Å². The molecule has 0 atom stereocenters. The lowest BCUT2D eigenvalue weighted by atomic mass is 9.86. The summed E-state index contributed by atoms with van der Waals surface area (Å²) in [6, 6.07) is 1.66. The molecule has 0 aliphatic carbocycles. The van der Waals surface area contributed by atoms with Crippen LogP contribution in [0.25, 0.3) is 0 Å². The van der Waals surface area contributed by atoms with Crippen LogP contribution in [0.3, 0.4) is 0 Å². The molecule has 0 unspecified atom stereocenters. The minimum absolute atomic E-state index is 0.225. The summed E-state index contributed by atoms with van der Waals surface area (Å²) in [6.07, 6.45) is 2.68. The molecule has 1 amide bonds. The van der Waals surface area contributed by atoms with Crippen LogP contribution in [-0.4, -0.2) is 26.7 Å². The standard InChI is InChI=1S/C14H25N3O2/c1-6-7-17-9-10(15)8-11(17)12(18)16-13(2,3)14(4,5)19/h8-9,19H,6-7,15H2,1-5H3,(H,16,18). The molecule has 0 saturated heterocycles. The number of nitrogen functional groups attached to an aromatic ring is 1. The Morgan fingerprint density at radius 1 is 1.42 bits per heavy atom. The monoisotopic (exact) mass is 267 g/mol. The second kappa shape index (κ2) is 5.25. The zero-order valence-corrected chi connectivity index (χ0v) is 12.4. The largest absolute Gasteiger partial charge is 0.397 e. The molecule has 0 fully saturated rings. The fourth-order valence-electron chi connectivity index (χ4n) is 1.65. The summed E-state index contributed by atoms with van der Waals surface area (Å²) >= 11 is 0. The van der Waals surface area contributed by atoms with Gasteiger partial charge in [-0.05, 0) is 40.2 Å². The minimum atomic E-state index is -1.02. The van der Waals surface area contributed by atoms with Crippen LogP contribution < -0.4 is 11.1 Å². The fraction of sp³-hybridized carbons (Fsp3) is 0.643. The maximum Gasteiger partial charge on any atom is 0.268 e. The molecule has 1 aromatic heterocycles. The summed E-state index contributed by atoms with van der Waals surface area (Å²) in [5.41, 5.74) is 5.09. The first-order valence-electron chi connectivity index (χ1n) is 6.59. The first-order valence-corrected chi connectivity index (χ1v) is 6.59. The zero-order chi connectivity index (χ0) is 14.8. The highest BCUT2D eigenvalue weighted by atomic mass is 16.3. The number of nitrogens with zero attached hydrogens (tertiary/aromatic N) is 1. The van der Waals surface area contributed by atoms with Crippen molar-refractivity contribution in [2.24, 2.45) is 0 Å². The van der Waals surface area contributed by atoms with Gasteiger partial charge in [0.2, 0.25) is 0 Å². The van der Waals surface area contributed by atoms with E-state index in [-0.39, 0.29) is 5.91 Å². The molecular weight excluding hydrogens is 242 g/mol. The van der Waals surface area contributed by atoms with Crippen LogP contribution in [0, 0.1) is 0 Å². The zero-order valence-electron chi connectivity index (χ0n) is 12.4. The van der Waals surface area contributed by atoms with Crippen molar-refractivity contribution in [2.45, 2.75) is 58.7 Å². The third-order valence-electron chi connectivity index (χ3n) is 3.57. The van der Waals surface area contributed by atoms with E-state index in [2.05, 4.69) is 5.32 Å². The maximum atomic E-state index is 12.3. The number of amides is 1. The van der Waals surface area contributed by atoms with Gasteiger partial charge >= 0.3 is 0 Å². The molecule has 1 aromatic rings. The lowest BCUT2D eigenvalue weighted by Gasteiger charge is -2.38. The number of aliphatic hydroxyl groups is 1. The van der Waals surface area contributed by atoms with Gasteiger partial charge in [0.1, 0.15) is 5.69 Å². The van der Waals surface area contributed by atoms with E-state index in [4.69, 9.17) is 5.73 Å². The van der Waals surface area contributed by atoms with Crippen LogP contribution in [0.15, 0.2) is 12.3 Å². The van der Waals surface area contributed by atoms with Gasteiger partial charge in [-0.1, -0.05) is 6.92 Å². The highest BCUT2D eigenvalue weighted by molar-refractivity contribution is 5.94. The van der Waals surface area contributed by atoms with Crippen molar-refractivity contribution >= 4 is 11.6 Å². The molecule has 108 valence electrons. The van der Waals surface area contributed by atoms with Crippen LogP contribution in [-0.2, 0) is 6.54 Å². The van der Waals surface area contributed by atoms with Gasteiger partial charge in [0.25, 0.3) is 5.91 Å². The number of carbonyl (C=O) groups excluding carboxylic acids is 1. The van der Waals surface area contributed by atoms with E-state index in [9.17, 15) is 9.90 Å². The average molecular weight is 267 g/mol. The number of aryl methyl sites for hydroxylation is 1. The van der Waals surface area contributed by atoms with E-state index in [1.807, 2.05) is 11.5 Å². The van der Waals surface area contributed by atoms with Gasteiger partial charge in [0.05, 0.1) is 16.8 Å². The summed E-state index contributed by atoms with van der Waals surface area (Å²) in [4.78, 5) is 12.3. The van der Waals surface area contributed by atoms with Gasteiger partial charge in [0.15, 0.2) is 0 Å². The van der Waals surface area contributed by atoms with E-state index < -0.39 is 11.1 Å². The molecule has 4 N–H and O–H groups in total. The number of nitrogens with two attached hydrogens (primary N) is 1. The van der Waals surface area contributed by atoms with Crippen LogP contribution in [0.1, 0.15) is 51.5 Å². The first-order chi connectivity index (χ1) is 8.58. The summed E-state index contributed by atoms with van der Waals surface area (Å²) < 4.78 is 1.84. The van der Waals surface area contributed by atoms with Gasteiger partial charge in [0, 0.05) is 12.7 Å². The predicted molar refractivity (Wildman–Crippen MR) is 77.0 cm³/mol. The predicted octanol–water partition coefficient (Wildman–Crippen LogP) is 1.76. The number of anilines is 1. The summed E-state index contributed by atoms with van der Waals surface area (Å²) in [6.45, 7) is 9.71. The van der Waals surface area contributed by atoms with E-state index in [0.717, 1.165) is 13.0 Å². The Hall–Kier alpha value is -1.49. The van der Waals surface area contributed by atoms with Crippen molar-refractivity contribution in [3.05, 3.63) is 18.0 Å². The quantitative estimate of drug-likeness (QED) is 0.760. The third kappa shape index (κ3) is 3.50. The van der Waals surface area contributed by atoms with Crippen LogP contribution >= 0.6 is 0 Å². The van der Waals surface area contributed by atoms with Crippen molar-refractivity contribution in [1.82, 2.24) is 9.88 Å². The van der Waals surface area contributed by atoms with Crippen molar-refractivity contribution in [3.8, 4) is 0 Å². The molecule has 19 heavy (non-hydrogen) atoms. The van der Waals surface area contributed by atoms with Crippen molar-refractivity contribution in [1.29, 1.82) is 0 Å². The lowest BCUT2D eigenvalue weighted by Crippen LogP contribution is -2.57. The fourth-order valence-corrected chi connectivity index (χ4v) is 1.65. The number of hydrogen-bond acceptors (Lipinski definition) is 3. The topological polar surface area (TPSA) is 80.3 Å². The van der Waals surface area contributed by atoms with E-state index in [1.165, 1.54) is 0 Å². The highest BCUT2D eigenvalue weighted by Crippen LogP contribution is 2.21. The van der Waals surface area contributed by atoms with Crippen LogP contribution in [0.2, 0.25) is 0 Å².